The van der Waals surface area contributed by atoms with Crippen LogP contribution in [0, 0.1) is 13.8 Å². The second-order valence-corrected chi connectivity index (χ2v) is 7.44. The van der Waals surface area contributed by atoms with Crippen molar-refractivity contribution in [3.8, 4) is 17.2 Å². The molecular weight excluding hydrogens is 432 g/mol. The van der Waals surface area contributed by atoms with E-state index in [1.165, 1.54) is 7.11 Å². The smallest absolute Gasteiger partial charge is 0.269 e. The highest BCUT2D eigenvalue weighted by Crippen LogP contribution is 2.28. The fourth-order valence-corrected chi connectivity index (χ4v) is 3.14. The first-order chi connectivity index (χ1) is 15.3. The van der Waals surface area contributed by atoms with Crippen LogP contribution >= 0.6 is 11.6 Å². The lowest BCUT2D eigenvalue weighted by molar-refractivity contribution is 0.0846. The van der Waals surface area contributed by atoms with Crippen LogP contribution in [0.4, 0.5) is 0 Å². The Morgan fingerprint density at radius 3 is 2.19 bits per heavy atom. The van der Waals surface area contributed by atoms with Gasteiger partial charge < -0.3 is 9.47 Å². The van der Waals surface area contributed by atoms with Gasteiger partial charge in [-0.3, -0.25) is 20.4 Å². The number of methoxy groups -OCH3 is 1. The Balaban J connectivity index is 1.64. The summed E-state index contributed by atoms with van der Waals surface area (Å²) >= 11 is 6.20. The van der Waals surface area contributed by atoms with Crippen LogP contribution in [-0.2, 0) is 0 Å². The molecule has 0 unspecified atom stereocenters. The molecule has 0 bridgehead atoms. The molecule has 0 saturated carbocycles. The van der Waals surface area contributed by atoms with E-state index in [0.29, 0.717) is 34.3 Å². The summed E-state index contributed by atoms with van der Waals surface area (Å²) in [4.78, 5) is 24.9. The van der Waals surface area contributed by atoms with Gasteiger partial charge in [-0.2, -0.15) is 5.10 Å². The molecule has 3 rings (SSSR count). The number of ether oxygens (including phenoxy) is 2. The third-order valence-corrected chi connectivity index (χ3v) is 5.30. The van der Waals surface area contributed by atoms with E-state index in [0.717, 1.165) is 23.5 Å². The van der Waals surface area contributed by atoms with Crippen LogP contribution in [0.15, 0.2) is 42.5 Å². The van der Waals surface area contributed by atoms with Crippen molar-refractivity contribution in [2.24, 2.45) is 0 Å². The number of nitrogens with zero attached hydrogens (tertiary/aromatic N) is 2. The third-order valence-electron chi connectivity index (χ3n) is 4.75. The summed E-state index contributed by atoms with van der Waals surface area (Å²) in [5.41, 5.74) is 7.84. The fraction of sp³-hybridized carbons (Fsp3) is 0.261. The third kappa shape index (κ3) is 5.03. The summed E-state index contributed by atoms with van der Waals surface area (Å²) in [7, 11) is 1.50. The van der Waals surface area contributed by atoms with Crippen molar-refractivity contribution in [3.05, 3.63) is 70.0 Å². The summed E-state index contributed by atoms with van der Waals surface area (Å²) < 4.78 is 12.6. The Labute approximate surface area is 191 Å². The van der Waals surface area contributed by atoms with Crippen molar-refractivity contribution in [1.82, 2.24) is 20.6 Å². The van der Waals surface area contributed by atoms with Crippen LogP contribution in [-0.4, -0.2) is 35.3 Å². The zero-order chi connectivity index (χ0) is 23.3. The van der Waals surface area contributed by atoms with Gasteiger partial charge in [-0.25, -0.2) is 4.68 Å². The number of hydrazine groups is 1. The van der Waals surface area contributed by atoms with E-state index in [-0.39, 0.29) is 0 Å². The number of nitrogens with one attached hydrogen (secondary N) is 2. The first-order valence-corrected chi connectivity index (χ1v) is 10.5. The molecule has 1 aromatic heterocycles. The first-order valence-electron chi connectivity index (χ1n) is 10.1. The number of benzene rings is 2. The van der Waals surface area contributed by atoms with Crippen LogP contribution in [0.1, 0.15) is 45.4 Å². The molecule has 32 heavy (non-hydrogen) atoms. The molecule has 3 aromatic rings. The lowest BCUT2D eigenvalue weighted by atomic mass is 10.2. The molecule has 0 aliphatic rings. The van der Waals surface area contributed by atoms with Crippen LogP contribution in [0.5, 0.6) is 11.5 Å². The lowest BCUT2D eigenvalue weighted by Crippen LogP contribution is -2.41. The van der Waals surface area contributed by atoms with Gasteiger partial charge in [-0.05, 0) is 62.7 Å². The van der Waals surface area contributed by atoms with Crippen molar-refractivity contribution < 1.29 is 19.1 Å². The molecule has 2 N–H and O–H groups in total. The topological polar surface area (TPSA) is 94.5 Å². The lowest BCUT2D eigenvalue weighted by Gasteiger charge is -2.12. The zero-order valence-corrected chi connectivity index (χ0v) is 19.1. The molecule has 0 fully saturated rings. The van der Waals surface area contributed by atoms with E-state index in [1.54, 1.807) is 47.1 Å². The highest BCUT2D eigenvalue weighted by Gasteiger charge is 2.14. The average molecular weight is 457 g/mol. The maximum atomic E-state index is 12.4. The van der Waals surface area contributed by atoms with E-state index in [1.807, 2.05) is 20.8 Å². The van der Waals surface area contributed by atoms with Gasteiger partial charge >= 0.3 is 0 Å². The first kappa shape index (κ1) is 23.1. The van der Waals surface area contributed by atoms with Crippen molar-refractivity contribution in [3.63, 3.8) is 0 Å². The zero-order valence-electron chi connectivity index (χ0n) is 18.4. The summed E-state index contributed by atoms with van der Waals surface area (Å²) in [6, 6.07) is 11.6. The van der Waals surface area contributed by atoms with E-state index in [4.69, 9.17) is 21.1 Å². The molecule has 0 aliphatic heterocycles. The maximum Gasteiger partial charge on any atom is 0.269 e. The molecule has 0 radical (unpaired) electrons. The SMILES string of the molecule is CCCOc1ccc(C(=O)NNC(=O)c2ccc(-n3nc(C)c(Cl)c3C)cc2)cc1OC. The van der Waals surface area contributed by atoms with Crippen LogP contribution in [0.2, 0.25) is 5.02 Å². The molecule has 0 aliphatic carbocycles. The van der Waals surface area contributed by atoms with Crippen molar-refractivity contribution >= 4 is 23.4 Å². The van der Waals surface area contributed by atoms with E-state index in [9.17, 15) is 9.59 Å². The summed E-state index contributed by atoms with van der Waals surface area (Å²) in [6.45, 7) is 6.25. The summed E-state index contributed by atoms with van der Waals surface area (Å²) in [5.74, 6) is 0.0648. The number of amides is 2. The Kier molecular flexibility index (Phi) is 7.37. The van der Waals surface area contributed by atoms with Gasteiger partial charge in [0.05, 0.1) is 35.8 Å². The van der Waals surface area contributed by atoms with Crippen LogP contribution in [0.3, 0.4) is 0 Å². The number of aromatic nitrogens is 2. The Bertz CT molecular complexity index is 1130. The molecule has 9 heteroatoms. The number of hydrogen-bond donors (Lipinski definition) is 2. The summed E-state index contributed by atoms with van der Waals surface area (Å²) in [6.07, 6.45) is 0.855. The molecule has 168 valence electrons. The van der Waals surface area contributed by atoms with Gasteiger partial charge in [0.2, 0.25) is 0 Å². The minimum absolute atomic E-state index is 0.322. The van der Waals surface area contributed by atoms with E-state index >= 15 is 0 Å². The fourth-order valence-electron chi connectivity index (χ4n) is 3.03. The monoisotopic (exact) mass is 456 g/mol. The Morgan fingerprint density at radius 1 is 1.00 bits per heavy atom. The minimum Gasteiger partial charge on any atom is -0.493 e. The normalized spacial score (nSPS) is 10.5. The van der Waals surface area contributed by atoms with Gasteiger partial charge in [-0.15, -0.1) is 0 Å². The van der Waals surface area contributed by atoms with E-state index in [2.05, 4.69) is 16.0 Å². The molecule has 2 amide bonds. The van der Waals surface area contributed by atoms with Gasteiger partial charge in [0.25, 0.3) is 11.8 Å². The highest BCUT2D eigenvalue weighted by molar-refractivity contribution is 6.31. The van der Waals surface area contributed by atoms with Crippen molar-refractivity contribution in [2.75, 3.05) is 13.7 Å². The number of aryl methyl sites for hydroxylation is 1. The van der Waals surface area contributed by atoms with Crippen LogP contribution < -0.4 is 20.3 Å². The highest BCUT2D eigenvalue weighted by atomic mass is 35.5. The molecule has 0 saturated heterocycles. The quantitative estimate of drug-likeness (QED) is 0.524. The van der Waals surface area contributed by atoms with Gasteiger partial charge in [0.1, 0.15) is 0 Å². The largest absolute Gasteiger partial charge is 0.493 e. The Morgan fingerprint density at radius 2 is 1.62 bits per heavy atom. The predicted molar refractivity (Wildman–Crippen MR) is 122 cm³/mol. The van der Waals surface area contributed by atoms with Gasteiger partial charge in [0, 0.05) is 11.1 Å². The van der Waals surface area contributed by atoms with Gasteiger partial charge in [0.15, 0.2) is 11.5 Å². The van der Waals surface area contributed by atoms with E-state index < -0.39 is 11.8 Å². The average Bonchev–Trinajstić information content (AvgIpc) is 3.08. The minimum atomic E-state index is -0.479. The second kappa shape index (κ2) is 10.2. The number of carbonyl (C=O) groups excluding carboxylic acids is 2. The molecular formula is C23H25ClN4O4. The standard InChI is InChI=1S/C23H25ClN4O4/c1-5-12-32-19-11-8-17(13-20(19)31-4)23(30)26-25-22(29)16-6-9-18(10-7-16)28-15(3)21(24)14(2)27-28/h6-11,13H,5,12H2,1-4H3,(H,25,29)(H,26,30). The van der Waals surface area contributed by atoms with Gasteiger partial charge in [-0.1, -0.05) is 18.5 Å². The van der Waals surface area contributed by atoms with Crippen LogP contribution in [0.25, 0.3) is 5.69 Å². The molecule has 0 spiro atoms. The van der Waals surface area contributed by atoms with Crippen molar-refractivity contribution in [2.45, 2.75) is 27.2 Å². The number of rotatable bonds is 7. The Hall–Kier alpha value is -3.52. The number of halogens is 1. The molecule has 8 nitrogen and oxygen atoms in total. The molecule has 0 atom stereocenters. The maximum absolute atomic E-state index is 12.4. The molecule has 1 heterocycles. The predicted octanol–water partition coefficient (Wildman–Crippen LogP) is 4.01. The summed E-state index contributed by atoms with van der Waals surface area (Å²) in [5, 5.41) is 5.00. The molecule has 2 aromatic carbocycles. The number of carbonyl (C=O) groups is 2. The number of hydrogen-bond acceptors (Lipinski definition) is 5. The van der Waals surface area contributed by atoms with Crippen molar-refractivity contribution in [1.29, 1.82) is 0 Å². The second-order valence-electron chi connectivity index (χ2n) is 7.07.